The summed E-state index contributed by atoms with van der Waals surface area (Å²) in [7, 11) is 2.14. The zero-order valence-corrected chi connectivity index (χ0v) is 28.1. The number of carbonyl (C=O) groups excluding carboxylic acids is 2. The Hall–Kier alpha value is -3.76. The molecule has 3 aromatic rings. The predicted octanol–water partition coefficient (Wildman–Crippen LogP) is 5.51. The first kappa shape index (κ1) is 33.6. The maximum Gasteiger partial charge on any atom is 0.407 e. The van der Waals surface area contributed by atoms with E-state index in [9.17, 15) is 9.59 Å². The monoisotopic (exact) mass is 630 g/mol. The van der Waals surface area contributed by atoms with Gasteiger partial charge in [0.15, 0.2) is 0 Å². The Labute approximate surface area is 273 Å². The van der Waals surface area contributed by atoms with Gasteiger partial charge in [0.25, 0.3) is 5.91 Å². The van der Waals surface area contributed by atoms with Crippen LogP contribution in [0.4, 0.5) is 10.6 Å². The fourth-order valence-corrected chi connectivity index (χ4v) is 6.10. The third kappa shape index (κ3) is 9.39. The summed E-state index contributed by atoms with van der Waals surface area (Å²) in [4.78, 5) is 40.1. The molecule has 1 aromatic carbocycles. The fraction of sp³-hybridized carbons (Fsp3) is 0.556. The second-order valence-corrected chi connectivity index (χ2v) is 13.9. The molecule has 2 amide bonds. The van der Waals surface area contributed by atoms with Gasteiger partial charge >= 0.3 is 6.09 Å². The number of hydrogen-bond donors (Lipinski definition) is 2. The Balaban J connectivity index is 1.12. The fourth-order valence-electron chi connectivity index (χ4n) is 6.10. The number of anilines is 1. The predicted molar refractivity (Wildman–Crippen MR) is 182 cm³/mol. The molecule has 1 aliphatic heterocycles. The Morgan fingerprint density at radius 1 is 0.957 bits per heavy atom. The number of piperazine rings is 1. The summed E-state index contributed by atoms with van der Waals surface area (Å²) < 4.78 is 11.1. The molecule has 1 saturated carbocycles. The summed E-state index contributed by atoms with van der Waals surface area (Å²) in [5.74, 6) is 1.69. The van der Waals surface area contributed by atoms with Crippen LogP contribution in [-0.4, -0.2) is 91.5 Å². The molecule has 2 fully saturated rings. The Bertz CT molecular complexity index is 1460. The van der Waals surface area contributed by atoms with Crippen LogP contribution in [0, 0.1) is 11.8 Å². The van der Waals surface area contributed by atoms with Gasteiger partial charge in [-0.1, -0.05) is 18.2 Å². The van der Waals surface area contributed by atoms with Gasteiger partial charge in [0.05, 0.1) is 29.0 Å². The number of benzene rings is 1. The molecule has 2 N–H and O–H groups in total. The van der Waals surface area contributed by atoms with Crippen molar-refractivity contribution < 1.29 is 19.1 Å². The highest BCUT2D eigenvalue weighted by molar-refractivity contribution is 6.07. The second kappa shape index (κ2) is 15.2. The van der Waals surface area contributed by atoms with Crippen LogP contribution in [0.1, 0.15) is 63.7 Å². The Morgan fingerprint density at radius 3 is 2.28 bits per heavy atom. The molecule has 0 radical (unpaired) electrons. The third-order valence-electron chi connectivity index (χ3n) is 8.94. The molecule has 10 heteroatoms. The van der Waals surface area contributed by atoms with Crippen LogP contribution < -0.4 is 15.5 Å². The van der Waals surface area contributed by atoms with Crippen LogP contribution in [0.5, 0.6) is 0 Å². The minimum Gasteiger partial charge on any atom is -0.444 e. The summed E-state index contributed by atoms with van der Waals surface area (Å²) in [6.07, 6.45) is 5.17. The van der Waals surface area contributed by atoms with Crippen molar-refractivity contribution in [2.45, 2.75) is 65.1 Å². The van der Waals surface area contributed by atoms with Gasteiger partial charge in [0.2, 0.25) is 0 Å². The van der Waals surface area contributed by atoms with E-state index in [0.29, 0.717) is 37.1 Å². The van der Waals surface area contributed by atoms with Crippen molar-refractivity contribution in [2.75, 3.05) is 57.8 Å². The van der Waals surface area contributed by atoms with Gasteiger partial charge in [0, 0.05) is 56.4 Å². The highest BCUT2D eigenvalue weighted by Gasteiger charge is 2.24. The number of alkyl carbamates (subject to hydrolysis) is 1. The Morgan fingerprint density at radius 2 is 1.63 bits per heavy atom. The van der Waals surface area contributed by atoms with Crippen LogP contribution in [-0.2, 0) is 9.47 Å². The van der Waals surface area contributed by atoms with Crippen molar-refractivity contribution >= 4 is 28.7 Å². The zero-order chi connectivity index (χ0) is 32.7. The molecule has 1 atom stereocenters. The number of ether oxygens (including phenoxy) is 2. The maximum atomic E-state index is 13.6. The molecule has 5 rings (SSSR count). The quantitative estimate of drug-likeness (QED) is 0.302. The van der Waals surface area contributed by atoms with Gasteiger partial charge in [-0.3, -0.25) is 4.79 Å². The minimum absolute atomic E-state index is 0.0852. The lowest BCUT2D eigenvalue weighted by atomic mass is 9.82. The first-order valence-corrected chi connectivity index (χ1v) is 16.7. The number of pyridine rings is 2. The maximum absolute atomic E-state index is 13.6. The molecule has 46 heavy (non-hydrogen) atoms. The number of carbonyl (C=O) groups is 2. The topological polar surface area (TPSA) is 109 Å². The van der Waals surface area contributed by atoms with E-state index in [4.69, 9.17) is 19.4 Å². The molecule has 3 heterocycles. The smallest absolute Gasteiger partial charge is 0.407 e. The molecule has 0 unspecified atom stereocenters. The third-order valence-corrected chi connectivity index (χ3v) is 8.94. The highest BCUT2D eigenvalue weighted by atomic mass is 16.6. The number of likely N-dealkylation sites (N-methyl/N-ethyl adjacent to an activating group) is 1. The van der Waals surface area contributed by atoms with E-state index < -0.39 is 6.09 Å². The SMILES string of the molecule is C[C@@H](COC(C)(C)C)OC(=O)NCC1CCC(CNC(=O)c2cc(-c3ccc(N4CCN(C)CC4)nc3)nc3ccccc23)CC1. The van der Waals surface area contributed by atoms with E-state index in [1.54, 1.807) is 0 Å². The van der Waals surface area contributed by atoms with Crippen LogP contribution in [0.15, 0.2) is 48.7 Å². The standard InChI is InChI=1S/C36H50N6O4/c1-25(24-45-36(2,3)4)46-35(44)39-22-27-12-10-26(11-13-27)21-38-34(43)30-20-32(40-31-9-7-6-8-29(30)31)28-14-15-33(37-23-28)42-18-16-41(5)17-19-42/h6-9,14-15,20,23,25-27H,10-13,16-19,21-22,24H2,1-5H3,(H,38,43)(H,39,44)/t25-,26?,27?/m0/s1. The van der Waals surface area contributed by atoms with E-state index in [0.717, 1.165) is 79.8 Å². The van der Waals surface area contributed by atoms with Crippen molar-refractivity contribution in [3.8, 4) is 11.3 Å². The average molecular weight is 631 g/mol. The summed E-state index contributed by atoms with van der Waals surface area (Å²) in [5.41, 5.74) is 2.78. The Kier molecular flexibility index (Phi) is 11.1. The molecular formula is C36H50N6O4. The first-order chi connectivity index (χ1) is 22.0. The summed E-state index contributed by atoms with van der Waals surface area (Å²) in [6.45, 7) is 13.3. The van der Waals surface area contributed by atoms with Gasteiger partial charge in [0.1, 0.15) is 11.9 Å². The second-order valence-electron chi connectivity index (χ2n) is 13.9. The lowest BCUT2D eigenvalue weighted by Gasteiger charge is -2.33. The first-order valence-electron chi connectivity index (χ1n) is 16.7. The van der Waals surface area contributed by atoms with Crippen molar-refractivity contribution in [1.29, 1.82) is 0 Å². The van der Waals surface area contributed by atoms with E-state index in [-0.39, 0.29) is 17.6 Å². The van der Waals surface area contributed by atoms with Gasteiger partial charge < -0.3 is 29.9 Å². The number of rotatable bonds is 10. The molecule has 1 aliphatic carbocycles. The van der Waals surface area contributed by atoms with Crippen molar-refractivity contribution in [1.82, 2.24) is 25.5 Å². The summed E-state index contributed by atoms with van der Waals surface area (Å²) in [5, 5.41) is 6.97. The van der Waals surface area contributed by atoms with E-state index in [1.807, 2.05) is 64.2 Å². The summed E-state index contributed by atoms with van der Waals surface area (Å²) in [6, 6.07) is 13.8. The number of nitrogens with zero attached hydrogens (tertiary/aromatic N) is 4. The van der Waals surface area contributed by atoms with Gasteiger partial charge in [-0.05, 0) is 96.5 Å². The van der Waals surface area contributed by atoms with Gasteiger partial charge in [-0.25, -0.2) is 14.8 Å². The molecule has 2 aliphatic rings. The average Bonchev–Trinajstić information content (AvgIpc) is 3.05. The molecule has 10 nitrogen and oxygen atoms in total. The lowest BCUT2D eigenvalue weighted by Crippen LogP contribution is -2.44. The number of nitrogens with one attached hydrogen (secondary N) is 2. The summed E-state index contributed by atoms with van der Waals surface area (Å²) >= 11 is 0. The van der Waals surface area contributed by atoms with E-state index in [2.05, 4.69) is 39.6 Å². The lowest BCUT2D eigenvalue weighted by molar-refractivity contribution is -0.0477. The molecule has 0 spiro atoms. The van der Waals surface area contributed by atoms with Crippen LogP contribution >= 0.6 is 0 Å². The van der Waals surface area contributed by atoms with Gasteiger partial charge in [-0.15, -0.1) is 0 Å². The number of fused-ring (bicyclic) bond motifs is 1. The van der Waals surface area contributed by atoms with E-state index in [1.165, 1.54) is 0 Å². The molecule has 248 valence electrons. The largest absolute Gasteiger partial charge is 0.444 e. The highest BCUT2D eigenvalue weighted by Crippen LogP contribution is 2.29. The minimum atomic E-state index is -0.398. The van der Waals surface area contributed by atoms with Crippen molar-refractivity contribution in [2.24, 2.45) is 11.8 Å². The number of hydrogen-bond acceptors (Lipinski definition) is 8. The number of para-hydroxylation sites is 1. The molecule has 2 aromatic heterocycles. The molecule has 0 bridgehead atoms. The van der Waals surface area contributed by atoms with Crippen LogP contribution in [0.2, 0.25) is 0 Å². The molecule has 1 saturated heterocycles. The van der Waals surface area contributed by atoms with Crippen LogP contribution in [0.3, 0.4) is 0 Å². The van der Waals surface area contributed by atoms with Crippen molar-refractivity contribution in [3.63, 3.8) is 0 Å². The number of amides is 2. The molecular weight excluding hydrogens is 580 g/mol. The van der Waals surface area contributed by atoms with Gasteiger partial charge in [-0.2, -0.15) is 0 Å². The van der Waals surface area contributed by atoms with E-state index >= 15 is 0 Å². The normalized spacial score (nSPS) is 19.9. The zero-order valence-electron chi connectivity index (χ0n) is 28.1. The van der Waals surface area contributed by atoms with Crippen molar-refractivity contribution in [3.05, 3.63) is 54.2 Å². The van der Waals surface area contributed by atoms with Crippen LogP contribution in [0.25, 0.3) is 22.2 Å². The number of aromatic nitrogens is 2.